The molecule has 2 amide bonds. The Morgan fingerprint density at radius 2 is 1.65 bits per heavy atom. The molecular weight excluding hydrogens is 438 g/mol. The number of nitrogens with zero attached hydrogens (tertiary/aromatic N) is 4. The fourth-order valence-electron chi connectivity index (χ4n) is 5.28. The van der Waals surface area contributed by atoms with Gasteiger partial charge in [0.1, 0.15) is 17.5 Å². The lowest BCUT2D eigenvalue weighted by atomic mass is 9.90. The molecule has 8 heteroatoms. The van der Waals surface area contributed by atoms with E-state index in [0.29, 0.717) is 31.7 Å². The van der Waals surface area contributed by atoms with Gasteiger partial charge in [-0.15, -0.1) is 0 Å². The van der Waals surface area contributed by atoms with Crippen molar-refractivity contribution in [2.75, 3.05) is 44.2 Å². The van der Waals surface area contributed by atoms with Crippen molar-refractivity contribution < 1.29 is 18.4 Å². The van der Waals surface area contributed by atoms with Crippen molar-refractivity contribution in [1.82, 2.24) is 14.8 Å². The summed E-state index contributed by atoms with van der Waals surface area (Å²) in [4.78, 5) is 36.0. The number of carbonyl (C=O) groups is 2. The van der Waals surface area contributed by atoms with Gasteiger partial charge in [-0.3, -0.25) is 9.59 Å². The molecule has 1 saturated carbocycles. The Balaban J connectivity index is 1.10. The first-order valence-electron chi connectivity index (χ1n) is 11.8. The Morgan fingerprint density at radius 1 is 0.941 bits per heavy atom. The molecule has 34 heavy (non-hydrogen) atoms. The van der Waals surface area contributed by atoms with Gasteiger partial charge in [-0.2, -0.15) is 0 Å². The molecule has 0 N–H and O–H groups in total. The molecule has 2 aromatic rings. The number of piperidine rings is 1. The van der Waals surface area contributed by atoms with Crippen LogP contribution in [0.25, 0.3) is 6.08 Å². The normalized spacial score (nSPS) is 21.8. The van der Waals surface area contributed by atoms with Gasteiger partial charge >= 0.3 is 0 Å². The molecule has 6 nitrogen and oxygen atoms in total. The van der Waals surface area contributed by atoms with Gasteiger partial charge in [-0.1, -0.05) is 6.07 Å². The fraction of sp³-hybridized carbons (Fsp3) is 0.423. The summed E-state index contributed by atoms with van der Waals surface area (Å²) in [5.41, 5.74) is 0.330. The SMILES string of the molecule is O=C(/C=C/c1cc(F)cc(F)c1)N1CCC2(CC1)C[C@H]2C(=O)N1CCN(c2ccccn2)CC1. The van der Waals surface area contributed by atoms with Crippen molar-refractivity contribution in [2.24, 2.45) is 11.3 Å². The van der Waals surface area contributed by atoms with Crippen LogP contribution in [0.4, 0.5) is 14.6 Å². The highest BCUT2D eigenvalue weighted by Gasteiger charge is 2.59. The van der Waals surface area contributed by atoms with E-state index in [1.54, 1.807) is 11.1 Å². The third-order valence-electron chi connectivity index (χ3n) is 7.43. The van der Waals surface area contributed by atoms with E-state index in [1.165, 1.54) is 24.3 Å². The van der Waals surface area contributed by atoms with Crippen LogP contribution in [0.5, 0.6) is 0 Å². The highest BCUT2D eigenvalue weighted by atomic mass is 19.1. The number of aromatic nitrogens is 1. The molecule has 1 atom stereocenters. The predicted molar refractivity (Wildman–Crippen MR) is 125 cm³/mol. The Hall–Kier alpha value is -3.29. The van der Waals surface area contributed by atoms with Crippen LogP contribution >= 0.6 is 0 Å². The number of halogens is 2. The summed E-state index contributed by atoms with van der Waals surface area (Å²) in [6.45, 7) is 4.17. The van der Waals surface area contributed by atoms with Crippen LogP contribution in [-0.4, -0.2) is 65.9 Å². The number of likely N-dealkylation sites (tertiary alicyclic amines) is 1. The van der Waals surface area contributed by atoms with E-state index in [2.05, 4.69) is 9.88 Å². The minimum absolute atomic E-state index is 0.0153. The fourth-order valence-corrected chi connectivity index (χ4v) is 5.28. The summed E-state index contributed by atoms with van der Waals surface area (Å²) < 4.78 is 26.7. The van der Waals surface area contributed by atoms with E-state index in [0.717, 1.165) is 44.2 Å². The van der Waals surface area contributed by atoms with E-state index in [1.807, 2.05) is 23.1 Å². The third-order valence-corrected chi connectivity index (χ3v) is 7.43. The first kappa shape index (κ1) is 22.5. The largest absolute Gasteiger partial charge is 0.353 e. The van der Waals surface area contributed by atoms with E-state index in [9.17, 15) is 18.4 Å². The number of hydrogen-bond acceptors (Lipinski definition) is 4. The minimum Gasteiger partial charge on any atom is -0.353 e. The Labute approximate surface area is 197 Å². The molecule has 5 rings (SSSR count). The van der Waals surface area contributed by atoms with Crippen LogP contribution in [0.1, 0.15) is 24.8 Å². The molecule has 3 fully saturated rings. The van der Waals surface area contributed by atoms with E-state index >= 15 is 0 Å². The molecule has 3 aliphatic rings. The molecule has 1 aromatic heterocycles. The van der Waals surface area contributed by atoms with Gasteiger partial charge in [0.25, 0.3) is 0 Å². The molecule has 2 saturated heterocycles. The summed E-state index contributed by atoms with van der Waals surface area (Å²) in [7, 11) is 0. The lowest BCUT2D eigenvalue weighted by molar-refractivity contribution is -0.134. The first-order valence-corrected chi connectivity index (χ1v) is 11.8. The second-order valence-corrected chi connectivity index (χ2v) is 9.48. The van der Waals surface area contributed by atoms with Crippen LogP contribution in [-0.2, 0) is 9.59 Å². The minimum atomic E-state index is -0.672. The quantitative estimate of drug-likeness (QED) is 0.649. The number of hydrogen-bond donors (Lipinski definition) is 0. The molecular formula is C26H28F2N4O2. The van der Waals surface area contributed by atoms with E-state index < -0.39 is 11.6 Å². The zero-order valence-corrected chi connectivity index (χ0v) is 19.0. The maximum Gasteiger partial charge on any atom is 0.246 e. The summed E-state index contributed by atoms with van der Waals surface area (Å²) in [5, 5.41) is 0. The number of carbonyl (C=O) groups excluding carboxylic acids is 2. The molecule has 2 aliphatic heterocycles. The highest BCUT2D eigenvalue weighted by Crippen LogP contribution is 2.60. The standard InChI is InChI=1S/C26H28F2N4O2/c27-20-15-19(16-21(28)17-20)4-5-24(33)31-9-6-26(7-10-31)18-22(26)25(34)32-13-11-30(12-14-32)23-3-1-2-8-29-23/h1-5,8,15-17,22H,6-7,9-14,18H2/b5-4+/t22-/m0/s1. The third kappa shape index (κ3) is 4.67. The van der Waals surface area contributed by atoms with Gasteiger partial charge in [0.2, 0.25) is 11.8 Å². The monoisotopic (exact) mass is 466 g/mol. The molecule has 0 radical (unpaired) electrons. The molecule has 0 bridgehead atoms. The van der Waals surface area contributed by atoms with Gasteiger partial charge in [0.05, 0.1) is 0 Å². The van der Waals surface area contributed by atoms with Crippen LogP contribution in [0, 0.1) is 23.0 Å². The van der Waals surface area contributed by atoms with Gasteiger partial charge in [0, 0.05) is 63.5 Å². The summed E-state index contributed by atoms with van der Waals surface area (Å²) in [6.07, 6.45) is 7.11. The molecule has 178 valence electrons. The number of anilines is 1. The zero-order chi connectivity index (χ0) is 23.7. The molecule has 3 heterocycles. The zero-order valence-electron chi connectivity index (χ0n) is 19.0. The summed E-state index contributed by atoms with van der Waals surface area (Å²) in [5.74, 6) is -0.269. The Bertz CT molecular complexity index is 1070. The Morgan fingerprint density at radius 3 is 2.29 bits per heavy atom. The van der Waals surface area contributed by atoms with Gasteiger partial charge < -0.3 is 14.7 Å². The number of rotatable bonds is 4. The lowest BCUT2D eigenvalue weighted by Gasteiger charge is -2.37. The average Bonchev–Trinajstić information content (AvgIpc) is 3.55. The second-order valence-electron chi connectivity index (χ2n) is 9.48. The second kappa shape index (κ2) is 9.16. The predicted octanol–water partition coefficient (Wildman–Crippen LogP) is 3.35. The summed E-state index contributed by atoms with van der Waals surface area (Å²) >= 11 is 0. The number of amides is 2. The topological polar surface area (TPSA) is 56.8 Å². The maximum absolute atomic E-state index is 13.3. The molecule has 0 unspecified atom stereocenters. The van der Waals surface area contributed by atoms with Gasteiger partial charge in [0.15, 0.2) is 0 Å². The number of benzene rings is 1. The van der Waals surface area contributed by atoms with Crippen molar-refractivity contribution in [3.8, 4) is 0 Å². The van der Waals surface area contributed by atoms with Crippen molar-refractivity contribution in [1.29, 1.82) is 0 Å². The smallest absolute Gasteiger partial charge is 0.246 e. The van der Waals surface area contributed by atoms with Crippen LogP contribution in [0.2, 0.25) is 0 Å². The van der Waals surface area contributed by atoms with Gasteiger partial charge in [-0.25, -0.2) is 13.8 Å². The molecule has 1 spiro atoms. The molecule has 1 aliphatic carbocycles. The van der Waals surface area contributed by atoms with E-state index in [4.69, 9.17) is 0 Å². The van der Waals surface area contributed by atoms with Crippen LogP contribution in [0.3, 0.4) is 0 Å². The van der Waals surface area contributed by atoms with Crippen molar-refractivity contribution in [2.45, 2.75) is 19.3 Å². The van der Waals surface area contributed by atoms with Crippen molar-refractivity contribution >= 4 is 23.7 Å². The average molecular weight is 467 g/mol. The van der Waals surface area contributed by atoms with E-state index in [-0.39, 0.29) is 23.1 Å². The lowest BCUT2D eigenvalue weighted by Crippen LogP contribution is -2.50. The van der Waals surface area contributed by atoms with Crippen LogP contribution in [0.15, 0.2) is 48.7 Å². The number of piperazine rings is 1. The maximum atomic E-state index is 13.3. The highest BCUT2D eigenvalue weighted by molar-refractivity contribution is 5.92. The molecule has 1 aromatic carbocycles. The summed E-state index contributed by atoms with van der Waals surface area (Å²) in [6, 6.07) is 9.05. The van der Waals surface area contributed by atoms with Crippen molar-refractivity contribution in [3.63, 3.8) is 0 Å². The first-order chi connectivity index (χ1) is 16.4. The van der Waals surface area contributed by atoms with Crippen LogP contribution < -0.4 is 4.90 Å². The van der Waals surface area contributed by atoms with Gasteiger partial charge in [-0.05, 0) is 60.6 Å². The Kier molecular flexibility index (Phi) is 6.06. The number of pyridine rings is 1. The van der Waals surface area contributed by atoms with Crippen molar-refractivity contribution in [3.05, 3.63) is 65.9 Å².